The fourth-order valence-corrected chi connectivity index (χ4v) is 4.04. The number of hydrogen-bond acceptors (Lipinski definition) is 5. The number of rotatable bonds is 6. The van der Waals surface area contributed by atoms with E-state index in [1.807, 2.05) is 36.4 Å². The van der Waals surface area contributed by atoms with Crippen LogP contribution in [0.25, 0.3) is 0 Å². The van der Waals surface area contributed by atoms with E-state index >= 15 is 0 Å². The first-order valence-corrected chi connectivity index (χ1v) is 10.0. The molecule has 6 heteroatoms. The first-order valence-electron chi connectivity index (χ1n) is 10.0. The Hall–Kier alpha value is -2.88. The van der Waals surface area contributed by atoms with Crippen molar-refractivity contribution in [3.05, 3.63) is 59.7 Å². The Kier molecular flexibility index (Phi) is 5.79. The first kappa shape index (κ1) is 19.4. The number of nitrogens with zero attached hydrogens (tertiary/aromatic N) is 3. The number of carbonyl (C=O) groups is 1. The fraction of sp³-hybridized carbons (Fsp3) is 0.391. The van der Waals surface area contributed by atoms with E-state index in [2.05, 4.69) is 17.9 Å². The molecule has 0 saturated carbocycles. The molecule has 2 aromatic rings. The van der Waals surface area contributed by atoms with Crippen molar-refractivity contribution in [2.24, 2.45) is 5.92 Å². The van der Waals surface area contributed by atoms with Crippen LogP contribution in [0.15, 0.2) is 48.5 Å². The molecular weight excluding hydrogens is 366 g/mol. The highest BCUT2D eigenvalue weighted by Gasteiger charge is 2.38. The molecule has 0 N–H and O–H groups in total. The van der Waals surface area contributed by atoms with Crippen molar-refractivity contribution in [1.82, 2.24) is 9.80 Å². The molecule has 1 fully saturated rings. The molecule has 29 heavy (non-hydrogen) atoms. The molecule has 0 bridgehead atoms. The van der Waals surface area contributed by atoms with Gasteiger partial charge in [0.2, 0.25) is 0 Å². The average Bonchev–Trinajstić information content (AvgIpc) is 3.00. The largest absolute Gasteiger partial charge is 0.457 e. The number of para-hydroxylation sites is 1. The third-order valence-electron chi connectivity index (χ3n) is 5.40. The molecule has 4 rings (SSSR count). The van der Waals surface area contributed by atoms with Gasteiger partial charge in [-0.2, -0.15) is 5.26 Å². The maximum Gasteiger partial charge on any atom is 0.255 e. The van der Waals surface area contributed by atoms with E-state index in [0.717, 1.165) is 44.2 Å². The number of hydrogen-bond donors (Lipinski definition) is 0. The summed E-state index contributed by atoms with van der Waals surface area (Å²) in [5.74, 6) is 1.54. The molecule has 2 aromatic carbocycles. The molecule has 0 radical (unpaired) electrons. The molecule has 6 nitrogen and oxygen atoms in total. The third-order valence-corrected chi connectivity index (χ3v) is 5.40. The van der Waals surface area contributed by atoms with Crippen LogP contribution in [0.4, 0.5) is 0 Å². The summed E-state index contributed by atoms with van der Waals surface area (Å²) >= 11 is 0. The minimum Gasteiger partial charge on any atom is -0.457 e. The lowest BCUT2D eigenvalue weighted by Crippen LogP contribution is -2.42. The molecule has 150 valence electrons. The monoisotopic (exact) mass is 391 g/mol. The summed E-state index contributed by atoms with van der Waals surface area (Å²) in [6.45, 7) is 6.92. The predicted octanol–water partition coefficient (Wildman–Crippen LogP) is 3.47. The van der Waals surface area contributed by atoms with Gasteiger partial charge in [0.15, 0.2) is 0 Å². The van der Waals surface area contributed by atoms with Gasteiger partial charge in [-0.15, -0.1) is 0 Å². The molecule has 0 spiro atoms. The Morgan fingerprint density at radius 1 is 1.14 bits per heavy atom. The summed E-state index contributed by atoms with van der Waals surface area (Å²) in [7, 11) is 0. The highest BCUT2D eigenvalue weighted by atomic mass is 16.5. The molecule has 2 atom stereocenters. The van der Waals surface area contributed by atoms with Gasteiger partial charge in [-0.3, -0.25) is 9.69 Å². The van der Waals surface area contributed by atoms with Gasteiger partial charge in [-0.05, 0) is 36.2 Å². The zero-order valence-corrected chi connectivity index (χ0v) is 16.6. The maximum absolute atomic E-state index is 13.0. The lowest BCUT2D eigenvalue weighted by molar-refractivity contribution is 0.0282. The van der Waals surface area contributed by atoms with Crippen molar-refractivity contribution in [2.75, 3.05) is 39.4 Å². The predicted molar refractivity (Wildman–Crippen MR) is 109 cm³/mol. The number of morpholine rings is 1. The normalized spacial score (nSPS) is 20.2. The smallest absolute Gasteiger partial charge is 0.255 e. The van der Waals surface area contributed by atoms with Gasteiger partial charge in [0.1, 0.15) is 17.5 Å². The van der Waals surface area contributed by atoms with Crippen LogP contribution >= 0.6 is 0 Å². The van der Waals surface area contributed by atoms with Gasteiger partial charge < -0.3 is 14.4 Å². The van der Waals surface area contributed by atoms with Gasteiger partial charge in [-0.1, -0.05) is 25.1 Å². The quantitative estimate of drug-likeness (QED) is 0.754. The Balaban J connectivity index is 1.48. The second-order valence-electron chi connectivity index (χ2n) is 7.67. The van der Waals surface area contributed by atoms with E-state index in [9.17, 15) is 10.1 Å². The minimum atomic E-state index is -0.580. The molecule has 0 aliphatic carbocycles. The van der Waals surface area contributed by atoms with Crippen molar-refractivity contribution < 1.29 is 14.3 Å². The Morgan fingerprint density at radius 2 is 1.90 bits per heavy atom. The topological polar surface area (TPSA) is 65.8 Å². The SMILES string of the molecule is CC(CN1CCOCC1)CN1C(=O)c2ccc(Oc3ccccc3)cc2C1C#N. The lowest BCUT2D eigenvalue weighted by Gasteiger charge is -2.31. The standard InChI is InChI=1S/C23H25N3O3/c1-17(15-25-9-11-28-12-10-25)16-26-22(14-24)21-13-19(7-8-20(21)23(26)27)29-18-5-3-2-4-6-18/h2-8,13,17,22H,9-12,15-16H2,1H3. The van der Waals surface area contributed by atoms with Gasteiger partial charge in [0, 0.05) is 37.3 Å². The second kappa shape index (κ2) is 8.64. The maximum atomic E-state index is 13.0. The Labute approximate surface area is 171 Å². The van der Waals surface area contributed by atoms with Crippen LogP contribution in [0.2, 0.25) is 0 Å². The third kappa shape index (κ3) is 4.26. The minimum absolute atomic E-state index is 0.0772. The molecule has 2 aliphatic heterocycles. The summed E-state index contributed by atoms with van der Waals surface area (Å²) in [6, 6.07) is 16.6. The van der Waals surface area contributed by atoms with Crippen LogP contribution < -0.4 is 4.74 Å². The number of nitriles is 1. The fourth-order valence-electron chi connectivity index (χ4n) is 4.04. The van der Waals surface area contributed by atoms with Crippen LogP contribution in [0.5, 0.6) is 11.5 Å². The second-order valence-corrected chi connectivity index (χ2v) is 7.67. The number of carbonyl (C=O) groups excluding carboxylic acids is 1. The van der Waals surface area contributed by atoms with Crippen molar-refractivity contribution in [1.29, 1.82) is 5.26 Å². The summed E-state index contributed by atoms with van der Waals surface area (Å²) in [4.78, 5) is 17.0. The zero-order valence-electron chi connectivity index (χ0n) is 16.6. The van der Waals surface area contributed by atoms with Gasteiger partial charge in [-0.25, -0.2) is 0 Å². The van der Waals surface area contributed by atoms with Crippen LogP contribution in [-0.2, 0) is 4.74 Å². The highest BCUT2D eigenvalue weighted by molar-refractivity contribution is 5.99. The van der Waals surface area contributed by atoms with E-state index in [-0.39, 0.29) is 11.8 Å². The van der Waals surface area contributed by atoms with Crippen molar-refractivity contribution in [3.8, 4) is 17.6 Å². The van der Waals surface area contributed by atoms with E-state index < -0.39 is 6.04 Å². The number of benzene rings is 2. The van der Waals surface area contributed by atoms with Crippen molar-refractivity contribution in [2.45, 2.75) is 13.0 Å². The molecule has 2 heterocycles. The molecule has 0 aromatic heterocycles. The Bertz CT molecular complexity index is 903. The molecule has 2 aliphatic rings. The van der Waals surface area contributed by atoms with Crippen LogP contribution in [0.1, 0.15) is 28.9 Å². The van der Waals surface area contributed by atoms with Gasteiger partial charge in [0.05, 0.1) is 19.3 Å². The average molecular weight is 391 g/mol. The molecule has 1 amide bonds. The van der Waals surface area contributed by atoms with E-state index in [1.165, 1.54) is 0 Å². The summed E-state index contributed by atoms with van der Waals surface area (Å²) in [5, 5.41) is 9.80. The van der Waals surface area contributed by atoms with Crippen molar-refractivity contribution in [3.63, 3.8) is 0 Å². The summed E-state index contributed by atoms with van der Waals surface area (Å²) in [5.41, 5.74) is 1.32. The van der Waals surface area contributed by atoms with Crippen molar-refractivity contribution >= 4 is 5.91 Å². The molecule has 2 unspecified atom stereocenters. The molecule has 1 saturated heterocycles. The molecular formula is C23H25N3O3. The zero-order chi connectivity index (χ0) is 20.2. The summed E-state index contributed by atoms with van der Waals surface area (Å²) < 4.78 is 11.3. The Morgan fingerprint density at radius 3 is 2.62 bits per heavy atom. The number of ether oxygens (including phenoxy) is 2. The highest BCUT2D eigenvalue weighted by Crippen LogP contribution is 2.37. The van der Waals surface area contributed by atoms with E-state index in [1.54, 1.807) is 17.0 Å². The van der Waals surface area contributed by atoms with E-state index in [4.69, 9.17) is 9.47 Å². The van der Waals surface area contributed by atoms with E-state index in [0.29, 0.717) is 17.9 Å². The lowest BCUT2D eigenvalue weighted by atomic mass is 10.0. The van der Waals surface area contributed by atoms with Gasteiger partial charge >= 0.3 is 0 Å². The van der Waals surface area contributed by atoms with Crippen LogP contribution in [0.3, 0.4) is 0 Å². The van der Waals surface area contributed by atoms with Crippen LogP contribution in [-0.4, -0.2) is 55.1 Å². The summed E-state index contributed by atoms with van der Waals surface area (Å²) in [6.07, 6.45) is 0. The van der Waals surface area contributed by atoms with Crippen LogP contribution in [0, 0.1) is 17.2 Å². The number of fused-ring (bicyclic) bond motifs is 1. The van der Waals surface area contributed by atoms with Gasteiger partial charge in [0.25, 0.3) is 5.91 Å². The number of amides is 1. The first-order chi connectivity index (χ1) is 14.2.